The summed E-state index contributed by atoms with van der Waals surface area (Å²) in [5.41, 5.74) is 9.02. The minimum absolute atomic E-state index is 0.460. The molecule has 0 fully saturated rings. The van der Waals surface area contributed by atoms with Crippen molar-refractivity contribution in [3.8, 4) is 11.1 Å². The molecule has 0 heterocycles. The second kappa shape index (κ2) is 10.6. The number of rotatable bonds is 7. The van der Waals surface area contributed by atoms with Crippen molar-refractivity contribution >= 4 is 11.4 Å². The molecule has 0 amide bonds. The highest BCUT2D eigenvalue weighted by atomic mass is 14.9. The summed E-state index contributed by atoms with van der Waals surface area (Å²) in [6.45, 7) is 0. The van der Waals surface area contributed by atoms with Gasteiger partial charge in [-0.15, -0.1) is 0 Å². The number of hydrogen-bond donors (Lipinski definition) is 1. The van der Waals surface area contributed by atoms with Crippen LogP contribution >= 0.6 is 0 Å². The van der Waals surface area contributed by atoms with Gasteiger partial charge in [0.1, 0.15) is 0 Å². The monoisotopic (exact) mass is 487 g/mol. The van der Waals surface area contributed by atoms with Gasteiger partial charge in [-0.3, -0.25) is 0 Å². The van der Waals surface area contributed by atoms with Gasteiger partial charge >= 0.3 is 0 Å². The first-order chi connectivity index (χ1) is 18.8. The van der Waals surface area contributed by atoms with Crippen molar-refractivity contribution in [2.24, 2.45) is 0 Å². The molecule has 1 heteroatoms. The van der Waals surface area contributed by atoms with E-state index >= 15 is 0 Å². The van der Waals surface area contributed by atoms with Crippen molar-refractivity contribution in [1.82, 2.24) is 0 Å². The average Bonchev–Trinajstić information content (AvgIpc) is 3.00. The standard InChI is InChI=1S/C37H29N/c1-5-14-29(15-6-1)30-24-26-35(27-25-30)38-36-23-13-22-34(28-36)37(31-16-7-2-8-17-31,32-18-9-3-10-19-32)33-20-11-4-12-21-33/h1-28,38H. The van der Waals surface area contributed by atoms with Gasteiger partial charge in [0.25, 0.3) is 0 Å². The molecule has 0 aliphatic carbocycles. The van der Waals surface area contributed by atoms with Crippen molar-refractivity contribution < 1.29 is 0 Å². The third-order valence-corrected chi connectivity index (χ3v) is 7.20. The maximum absolute atomic E-state index is 3.65. The Labute approximate surface area is 225 Å². The average molecular weight is 488 g/mol. The normalized spacial score (nSPS) is 11.2. The molecule has 0 saturated heterocycles. The third-order valence-electron chi connectivity index (χ3n) is 7.20. The van der Waals surface area contributed by atoms with Crippen molar-refractivity contribution in [1.29, 1.82) is 0 Å². The van der Waals surface area contributed by atoms with E-state index in [0.29, 0.717) is 0 Å². The zero-order valence-corrected chi connectivity index (χ0v) is 21.2. The molecule has 0 bridgehead atoms. The molecule has 0 spiro atoms. The van der Waals surface area contributed by atoms with E-state index in [0.717, 1.165) is 11.4 Å². The number of hydrogen-bond acceptors (Lipinski definition) is 1. The van der Waals surface area contributed by atoms with Crippen molar-refractivity contribution in [3.63, 3.8) is 0 Å². The summed E-state index contributed by atoms with van der Waals surface area (Å²) in [5, 5.41) is 3.65. The first-order valence-corrected chi connectivity index (χ1v) is 13.0. The summed E-state index contributed by atoms with van der Waals surface area (Å²) >= 11 is 0. The second-order valence-electron chi connectivity index (χ2n) is 9.50. The minimum atomic E-state index is -0.460. The molecule has 6 aromatic rings. The molecule has 0 atom stereocenters. The molecule has 6 rings (SSSR count). The summed E-state index contributed by atoms with van der Waals surface area (Å²) in [4.78, 5) is 0. The van der Waals surface area contributed by atoms with Crippen LogP contribution in [0.1, 0.15) is 22.3 Å². The molecule has 0 radical (unpaired) electrons. The summed E-state index contributed by atoms with van der Waals surface area (Å²) < 4.78 is 0. The minimum Gasteiger partial charge on any atom is -0.356 e. The second-order valence-corrected chi connectivity index (χ2v) is 9.50. The molecule has 0 aromatic heterocycles. The van der Waals surface area contributed by atoms with Crippen molar-refractivity contribution in [2.75, 3.05) is 5.32 Å². The number of benzene rings is 6. The lowest BCUT2D eigenvalue weighted by Gasteiger charge is -2.37. The molecular weight excluding hydrogens is 458 g/mol. The SMILES string of the molecule is c1ccc(-c2ccc(Nc3cccc(C(c4ccccc4)(c4ccccc4)c4ccccc4)c3)cc2)cc1. The van der Waals surface area contributed by atoms with Gasteiger partial charge in [-0.25, -0.2) is 0 Å². The van der Waals surface area contributed by atoms with E-state index in [2.05, 4.69) is 169 Å². The van der Waals surface area contributed by atoms with Crippen LogP contribution < -0.4 is 5.32 Å². The molecule has 0 aliphatic rings. The fourth-order valence-corrected chi connectivity index (χ4v) is 5.44. The zero-order valence-electron chi connectivity index (χ0n) is 21.2. The lowest BCUT2D eigenvalue weighted by Crippen LogP contribution is -2.31. The van der Waals surface area contributed by atoms with E-state index < -0.39 is 5.41 Å². The summed E-state index contributed by atoms with van der Waals surface area (Å²) in [5.74, 6) is 0. The van der Waals surface area contributed by atoms with Gasteiger partial charge in [0.05, 0.1) is 5.41 Å². The van der Waals surface area contributed by atoms with E-state index in [9.17, 15) is 0 Å². The van der Waals surface area contributed by atoms with Crippen LogP contribution in [0.4, 0.5) is 11.4 Å². The van der Waals surface area contributed by atoms with E-state index in [1.807, 2.05) is 6.07 Å². The molecule has 38 heavy (non-hydrogen) atoms. The summed E-state index contributed by atoms with van der Waals surface area (Å²) in [7, 11) is 0. The lowest BCUT2D eigenvalue weighted by molar-refractivity contribution is 0.745. The highest BCUT2D eigenvalue weighted by Crippen LogP contribution is 2.45. The fraction of sp³-hybridized carbons (Fsp3) is 0.0270. The van der Waals surface area contributed by atoms with Crippen LogP contribution in [-0.2, 0) is 5.41 Å². The third kappa shape index (κ3) is 4.51. The Morgan fingerprint density at radius 3 is 1.24 bits per heavy atom. The highest BCUT2D eigenvalue weighted by molar-refractivity contribution is 5.70. The Balaban J connectivity index is 1.45. The molecule has 182 valence electrons. The van der Waals surface area contributed by atoms with Gasteiger partial charge in [0.2, 0.25) is 0 Å². The predicted molar refractivity (Wildman–Crippen MR) is 160 cm³/mol. The first-order valence-electron chi connectivity index (χ1n) is 13.0. The van der Waals surface area contributed by atoms with Gasteiger partial charge in [0.15, 0.2) is 0 Å². The number of nitrogens with one attached hydrogen (secondary N) is 1. The quantitative estimate of drug-likeness (QED) is 0.221. The smallest absolute Gasteiger partial charge is 0.0702 e. The van der Waals surface area contributed by atoms with Gasteiger partial charge in [-0.2, -0.15) is 0 Å². The van der Waals surface area contributed by atoms with Gasteiger partial charge in [-0.05, 0) is 57.6 Å². The molecule has 0 aliphatic heterocycles. The molecular formula is C37H29N. The number of anilines is 2. The summed E-state index contributed by atoms with van der Waals surface area (Å²) in [6.07, 6.45) is 0. The van der Waals surface area contributed by atoms with Gasteiger partial charge in [-0.1, -0.05) is 146 Å². The maximum Gasteiger partial charge on any atom is 0.0702 e. The largest absolute Gasteiger partial charge is 0.356 e. The van der Waals surface area contributed by atoms with Gasteiger partial charge in [0, 0.05) is 11.4 Å². The van der Waals surface area contributed by atoms with Crippen LogP contribution in [0.15, 0.2) is 170 Å². The van der Waals surface area contributed by atoms with E-state index in [-0.39, 0.29) is 0 Å². The van der Waals surface area contributed by atoms with E-state index in [1.54, 1.807) is 0 Å². The molecule has 0 unspecified atom stereocenters. The van der Waals surface area contributed by atoms with Crippen LogP contribution in [0.5, 0.6) is 0 Å². The van der Waals surface area contributed by atoms with Crippen LogP contribution in [0.3, 0.4) is 0 Å². The predicted octanol–water partition coefficient (Wildman–Crippen LogP) is 9.48. The van der Waals surface area contributed by atoms with Crippen LogP contribution in [0, 0.1) is 0 Å². The topological polar surface area (TPSA) is 12.0 Å². The molecule has 1 nitrogen and oxygen atoms in total. The van der Waals surface area contributed by atoms with Crippen LogP contribution in [0.2, 0.25) is 0 Å². The summed E-state index contributed by atoms with van der Waals surface area (Å²) in [6, 6.07) is 60.4. The molecule has 0 saturated carbocycles. The zero-order chi connectivity index (χ0) is 25.6. The molecule has 1 N–H and O–H groups in total. The Morgan fingerprint density at radius 2 is 0.737 bits per heavy atom. The lowest BCUT2D eigenvalue weighted by atomic mass is 9.65. The Kier molecular flexibility index (Phi) is 6.57. The first kappa shape index (κ1) is 23.5. The van der Waals surface area contributed by atoms with Crippen molar-refractivity contribution in [2.45, 2.75) is 5.41 Å². The Bertz CT molecular complexity index is 1490. The highest BCUT2D eigenvalue weighted by Gasteiger charge is 2.38. The van der Waals surface area contributed by atoms with E-state index in [4.69, 9.17) is 0 Å². The molecule has 6 aromatic carbocycles. The van der Waals surface area contributed by atoms with Crippen LogP contribution in [0.25, 0.3) is 11.1 Å². The maximum atomic E-state index is 3.65. The van der Waals surface area contributed by atoms with Crippen LogP contribution in [-0.4, -0.2) is 0 Å². The van der Waals surface area contributed by atoms with E-state index in [1.165, 1.54) is 33.4 Å². The van der Waals surface area contributed by atoms with Gasteiger partial charge < -0.3 is 5.32 Å². The van der Waals surface area contributed by atoms with Crippen molar-refractivity contribution in [3.05, 3.63) is 192 Å². The Hall–Kier alpha value is -4.88. The Morgan fingerprint density at radius 1 is 0.316 bits per heavy atom. The fourth-order valence-electron chi connectivity index (χ4n) is 5.44.